The summed E-state index contributed by atoms with van der Waals surface area (Å²) in [4.78, 5) is 2.68. The Kier molecular flexibility index (Phi) is 1.72. The molecule has 0 aromatic heterocycles. The van der Waals surface area contributed by atoms with Crippen LogP contribution in [0.25, 0.3) is 0 Å². The van der Waals surface area contributed by atoms with Gasteiger partial charge in [0.1, 0.15) is 0 Å². The molecule has 0 N–H and O–H groups in total. The van der Waals surface area contributed by atoms with Crippen LogP contribution in [0, 0.1) is 5.41 Å². The van der Waals surface area contributed by atoms with Crippen LogP contribution in [0.5, 0.6) is 0 Å². The average Bonchev–Trinajstić information content (AvgIpc) is 1.86. The maximum Gasteiger partial charge on any atom is 0.0601 e. The second kappa shape index (κ2) is 2.71. The Bertz CT molecular complexity index is 198. The summed E-state index contributed by atoms with van der Waals surface area (Å²) in [6.45, 7) is 2.79. The largest absolute Gasteiger partial charge is 0.381 e. The number of hydrogen-bond donors (Lipinski definition) is 0. The van der Waals surface area contributed by atoms with Crippen molar-refractivity contribution in [1.29, 1.82) is 0 Å². The van der Waals surface area contributed by atoms with Gasteiger partial charge in [0, 0.05) is 26.2 Å². The van der Waals surface area contributed by atoms with E-state index in [4.69, 9.17) is 4.74 Å². The fraction of sp³-hybridized carbons (Fsp3) is 1.00. The third-order valence-electron chi connectivity index (χ3n) is 4.41. The Balaban J connectivity index is 1.45. The third-order valence-corrected chi connectivity index (χ3v) is 4.41. The minimum atomic E-state index is 0.572. The van der Waals surface area contributed by atoms with Gasteiger partial charge in [-0.2, -0.15) is 0 Å². The normalized spacial score (nSPS) is 42.2. The Morgan fingerprint density at radius 1 is 1.23 bits per heavy atom. The molecule has 13 heavy (non-hydrogen) atoms. The molecule has 0 bridgehead atoms. The van der Waals surface area contributed by atoms with E-state index in [0.717, 1.165) is 11.5 Å². The first-order valence-corrected chi connectivity index (χ1v) is 5.58. The summed E-state index contributed by atoms with van der Waals surface area (Å²) in [6, 6.07) is 0.871. The van der Waals surface area contributed by atoms with Crippen LogP contribution in [0.1, 0.15) is 32.1 Å². The maximum atomic E-state index is 5.30. The van der Waals surface area contributed by atoms with E-state index in [0.29, 0.717) is 6.10 Å². The molecule has 3 rings (SSSR count). The van der Waals surface area contributed by atoms with Gasteiger partial charge in [-0.25, -0.2) is 0 Å². The van der Waals surface area contributed by atoms with Crippen molar-refractivity contribution in [2.75, 3.05) is 20.2 Å². The Labute approximate surface area is 80.2 Å². The van der Waals surface area contributed by atoms with E-state index in [1.165, 1.54) is 45.2 Å². The lowest BCUT2D eigenvalue weighted by molar-refractivity contribution is -0.127. The lowest BCUT2D eigenvalue weighted by Gasteiger charge is -2.60. The number of hydrogen-bond acceptors (Lipinski definition) is 2. The Morgan fingerprint density at radius 3 is 2.38 bits per heavy atom. The third kappa shape index (κ3) is 1.15. The fourth-order valence-electron chi connectivity index (χ4n) is 3.10. The molecule has 1 heterocycles. The summed E-state index contributed by atoms with van der Waals surface area (Å²) < 4.78 is 5.30. The summed E-state index contributed by atoms with van der Waals surface area (Å²) in [6.07, 6.45) is 7.63. The number of likely N-dealkylation sites (tertiary alicyclic amines) is 1. The van der Waals surface area contributed by atoms with E-state index in [-0.39, 0.29) is 0 Å². The van der Waals surface area contributed by atoms with Crippen molar-refractivity contribution in [3.8, 4) is 0 Å². The summed E-state index contributed by atoms with van der Waals surface area (Å²) in [5, 5.41) is 0. The Morgan fingerprint density at radius 2 is 1.92 bits per heavy atom. The summed E-state index contributed by atoms with van der Waals surface area (Å²) in [5.74, 6) is 0. The zero-order chi connectivity index (χ0) is 8.89. The molecule has 2 saturated carbocycles. The molecule has 0 unspecified atom stereocenters. The van der Waals surface area contributed by atoms with Gasteiger partial charge >= 0.3 is 0 Å². The monoisotopic (exact) mass is 181 g/mol. The van der Waals surface area contributed by atoms with Crippen LogP contribution in [0.15, 0.2) is 0 Å². The van der Waals surface area contributed by atoms with Crippen LogP contribution in [-0.4, -0.2) is 37.2 Å². The highest BCUT2D eigenvalue weighted by molar-refractivity contribution is 5.04. The molecule has 2 heteroatoms. The second-order valence-electron chi connectivity index (χ2n) is 5.24. The van der Waals surface area contributed by atoms with Gasteiger partial charge < -0.3 is 4.74 Å². The van der Waals surface area contributed by atoms with E-state index < -0.39 is 0 Å². The fourth-order valence-corrected chi connectivity index (χ4v) is 3.10. The number of methoxy groups -OCH3 is 1. The molecule has 0 aromatic carbocycles. The highest BCUT2D eigenvalue weighted by Crippen LogP contribution is 2.50. The van der Waals surface area contributed by atoms with E-state index in [9.17, 15) is 0 Å². The minimum Gasteiger partial charge on any atom is -0.381 e. The molecule has 1 aliphatic heterocycles. The van der Waals surface area contributed by atoms with Crippen molar-refractivity contribution in [2.24, 2.45) is 5.41 Å². The Hall–Kier alpha value is -0.0800. The van der Waals surface area contributed by atoms with E-state index in [2.05, 4.69) is 4.90 Å². The van der Waals surface area contributed by atoms with Crippen LogP contribution in [0.4, 0.5) is 0 Å². The molecule has 2 nitrogen and oxygen atoms in total. The quantitative estimate of drug-likeness (QED) is 0.642. The first kappa shape index (κ1) is 8.25. The molecule has 2 aliphatic carbocycles. The molecule has 0 amide bonds. The topological polar surface area (TPSA) is 12.5 Å². The zero-order valence-corrected chi connectivity index (χ0v) is 8.46. The smallest absolute Gasteiger partial charge is 0.0601 e. The first-order chi connectivity index (χ1) is 6.31. The molecular weight excluding hydrogens is 162 g/mol. The molecule has 3 fully saturated rings. The maximum absolute atomic E-state index is 5.30. The van der Waals surface area contributed by atoms with Crippen molar-refractivity contribution in [3.05, 3.63) is 0 Å². The molecule has 0 atom stereocenters. The average molecular weight is 181 g/mol. The summed E-state index contributed by atoms with van der Waals surface area (Å²) >= 11 is 0. The molecule has 0 radical (unpaired) electrons. The highest BCUT2D eigenvalue weighted by atomic mass is 16.5. The standard InChI is InChI=1S/C11H19NO/c1-13-10-5-9(6-10)12-7-11(8-12)3-2-4-11/h9-10H,2-8H2,1H3. The van der Waals surface area contributed by atoms with E-state index in [1.54, 1.807) is 0 Å². The molecular formula is C11H19NO. The SMILES string of the molecule is COC1CC(N2CC3(CCC3)C2)C1. The minimum absolute atomic E-state index is 0.572. The van der Waals surface area contributed by atoms with Crippen molar-refractivity contribution in [1.82, 2.24) is 4.90 Å². The number of rotatable bonds is 2. The van der Waals surface area contributed by atoms with E-state index in [1.807, 2.05) is 7.11 Å². The highest BCUT2D eigenvalue weighted by Gasteiger charge is 2.51. The zero-order valence-electron chi connectivity index (χ0n) is 8.46. The van der Waals surface area contributed by atoms with Gasteiger partial charge in [0.25, 0.3) is 0 Å². The van der Waals surface area contributed by atoms with E-state index >= 15 is 0 Å². The lowest BCUT2D eigenvalue weighted by atomic mass is 9.62. The molecule has 0 aromatic rings. The van der Waals surface area contributed by atoms with Gasteiger partial charge in [-0.15, -0.1) is 0 Å². The van der Waals surface area contributed by atoms with Crippen LogP contribution in [0.3, 0.4) is 0 Å². The van der Waals surface area contributed by atoms with Gasteiger partial charge in [0.2, 0.25) is 0 Å². The van der Waals surface area contributed by atoms with Crippen LogP contribution in [-0.2, 0) is 4.74 Å². The predicted molar refractivity (Wildman–Crippen MR) is 51.7 cm³/mol. The second-order valence-corrected chi connectivity index (χ2v) is 5.24. The van der Waals surface area contributed by atoms with Crippen molar-refractivity contribution >= 4 is 0 Å². The summed E-state index contributed by atoms with van der Waals surface area (Å²) in [5.41, 5.74) is 0.804. The number of nitrogens with zero attached hydrogens (tertiary/aromatic N) is 1. The van der Waals surface area contributed by atoms with Gasteiger partial charge in [0.15, 0.2) is 0 Å². The summed E-state index contributed by atoms with van der Waals surface area (Å²) in [7, 11) is 1.84. The predicted octanol–water partition coefficient (Wildman–Crippen LogP) is 1.65. The van der Waals surface area contributed by atoms with Crippen molar-refractivity contribution < 1.29 is 4.74 Å². The van der Waals surface area contributed by atoms with Gasteiger partial charge in [0.05, 0.1) is 6.10 Å². The first-order valence-electron chi connectivity index (χ1n) is 5.58. The number of ether oxygens (including phenoxy) is 1. The lowest BCUT2D eigenvalue weighted by Crippen LogP contribution is -2.65. The van der Waals surface area contributed by atoms with Crippen LogP contribution < -0.4 is 0 Å². The van der Waals surface area contributed by atoms with Gasteiger partial charge in [-0.3, -0.25) is 4.90 Å². The molecule has 74 valence electrons. The molecule has 1 saturated heterocycles. The molecule has 3 aliphatic rings. The van der Waals surface area contributed by atoms with Crippen molar-refractivity contribution in [3.63, 3.8) is 0 Å². The van der Waals surface area contributed by atoms with Gasteiger partial charge in [-0.05, 0) is 31.1 Å². The van der Waals surface area contributed by atoms with Crippen molar-refractivity contribution in [2.45, 2.75) is 44.2 Å². The van der Waals surface area contributed by atoms with Crippen LogP contribution in [0.2, 0.25) is 0 Å². The molecule has 1 spiro atoms. The van der Waals surface area contributed by atoms with Crippen LogP contribution >= 0.6 is 0 Å². The van der Waals surface area contributed by atoms with Gasteiger partial charge in [-0.1, -0.05) is 6.42 Å².